The van der Waals surface area contributed by atoms with Gasteiger partial charge in [0, 0.05) is 50.3 Å². The lowest BCUT2D eigenvalue weighted by molar-refractivity contribution is 0.660. The van der Waals surface area contributed by atoms with Gasteiger partial charge in [0.1, 0.15) is 11.2 Å². The Labute approximate surface area is 386 Å². The Morgan fingerprint density at radius 3 is 1.56 bits per heavy atom. The molecule has 2 nitrogen and oxygen atoms in total. The first-order chi connectivity index (χ1) is 32.2. The summed E-state index contributed by atoms with van der Waals surface area (Å²) in [6, 6.07) is 78.1. The molecule has 1 heterocycles. The number of nitrogens with zero attached hydrogens (tertiary/aromatic N) is 1. The monoisotopic (exact) mass is 845 g/mol. The molecule has 0 atom stereocenters. The molecule has 0 saturated carbocycles. The number of hydrogen-bond donors (Lipinski definition) is 0. The van der Waals surface area contributed by atoms with E-state index >= 15 is 0 Å². The van der Waals surface area contributed by atoms with Gasteiger partial charge in [-0.1, -0.05) is 185 Å². The van der Waals surface area contributed by atoms with Gasteiger partial charge in [0.15, 0.2) is 0 Å². The van der Waals surface area contributed by atoms with E-state index in [4.69, 9.17) is 4.42 Å². The lowest BCUT2D eigenvalue weighted by atomic mass is 9.81. The molecule has 11 aromatic rings. The molecule has 2 aliphatic rings. The summed E-state index contributed by atoms with van der Waals surface area (Å²) in [6.45, 7) is 9.40. The maximum absolute atomic E-state index is 7.13. The van der Waals surface area contributed by atoms with E-state index in [1.54, 1.807) is 0 Å². The van der Waals surface area contributed by atoms with Gasteiger partial charge in [-0.25, -0.2) is 0 Å². The first kappa shape index (κ1) is 38.5. The fourth-order valence-corrected chi connectivity index (χ4v) is 11.4. The number of anilines is 3. The highest BCUT2D eigenvalue weighted by molar-refractivity contribution is 6.18. The quantitative estimate of drug-likeness (QED) is 0.166. The predicted octanol–water partition coefficient (Wildman–Crippen LogP) is 17.8. The minimum atomic E-state index is -0.130. The molecular weight excluding hydrogens is 799 g/mol. The van der Waals surface area contributed by atoms with Gasteiger partial charge in [-0.2, -0.15) is 0 Å². The van der Waals surface area contributed by atoms with Gasteiger partial charge in [-0.3, -0.25) is 0 Å². The largest absolute Gasteiger partial charge is 0.455 e. The lowest BCUT2D eigenvalue weighted by Crippen LogP contribution is -2.16. The molecule has 0 fully saturated rings. The molecule has 0 spiro atoms. The summed E-state index contributed by atoms with van der Waals surface area (Å²) in [4.78, 5) is 2.38. The van der Waals surface area contributed by atoms with Crippen molar-refractivity contribution < 1.29 is 4.42 Å². The smallest absolute Gasteiger partial charge is 0.143 e. The summed E-state index contributed by atoms with van der Waals surface area (Å²) in [6.07, 6.45) is 0. The highest BCUT2D eigenvalue weighted by Gasteiger charge is 2.37. The van der Waals surface area contributed by atoms with Crippen molar-refractivity contribution in [2.75, 3.05) is 4.90 Å². The van der Waals surface area contributed by atoms with Gasteiger partial charge in [0.05, 0.1) is 0 Å². The summed E-state index contributed by atoms with van der Waals surface area (Å²) in [5, 5.41) is 4.59. The fraction of sp³-hybridized carbons (Fsp3) is 0.0938. The zero-order valence-corrected chi connectivity index (χ0v) is 37.6. The van der Waals surface area contributed by atoms with Crippen LogP contribution in [0, 0.1) is 0 Å². The van der Waals surface area contributed by atoms with Gasteiger partial charge in [-0.05, 0) is 132 Å². The second-order valence-electron chi connectivity index (χ2n) is 19.3. The number of rotatable bonds is 6. The molecule has 0 saturated heterocycles. The minimum Gasteiger partial charge on any atom is -0.455 e. The van der Waals surface area contributed by atoms with Crippen molar-refractivity contribution in [1.29, 1.82) is 0 Å². The molecule has 2 heteroatoms. The summed E-state index contributed by atoms with van der Waals surface area (Å²) in [7, 11) is 0. The van der Waals surface area contributed by atoms with E-state index in [0.717, 1.165) is 50.1 Å². The highest BCUT2D eigenvalue weighted by Crippen LogP contribution is 2.52. The molecular formula is C64H47NO. The Bertz CT molecular complexity index is 3740. The average molecular weight is 846 g/mol. The van der Waals surface area contributed by atoms with Crippen LogP contribution in [0.15, 0.2) is 217 Å². The third-order valence-electron chi connectivity index (χ3n) is 14.9. The fourth-order valence-electron chi connectivity index (χ4n) is 11.4. The van der Waals surface area contributed by atoms with E-state index in [9.17, 15) is 0 Å². The zero-order valence-electron chi connectivity index (χ0n) is 37.6. The number of furan rings is 1. The Hall–Kier alpha value is -7.94. The van der Waals surface area contributed by atoms with Crippen molar-refractivity contribution in [3.8, 4) is 55.6 Å². The standard InChI is InChI=1S/C64H47NO/c1-63(2)56-20-12-10-18-50(56)52-33-28-44(37-58(52)63)42-22-24-43(25-23-42)61-49-17-9-8-16-45(49)36-55-54-35-32-48(39-60(54)66-62(55)61)65(46-29-26-41(27-30-46)40-14-6-5-7-15-40)47-31-34-53-51-19-11-13-21-57(51)64(3,4)59(53)38-47/h5-39H,1-4H3. The molecule has 2 aliphatic carbocycles. The summed E-state index contributed by atoms with van der Waals surface area (Å²) < 4.78 is 7.13. The SMILES string of the molecule is CC1(C)c2ccccc2-c2ccc(-c3ccc(-c4c5ccccc5cc5c4oc4cc(N(c6ccc(-c7ccccc7)cc6)c6ccc7c(c6)C(C)(C)c6ccccc6-7)ccc45)cc3)cc21. The van der Waals surface area contributed by atoms with E-state index in [1.807, 2.05) is 0 Å². The van der Waals surface area contributed by atoms with Gasteiger partial charge in [0.2, 0.25) is 0 Å². The molecule has 314 valence electrons. The van der Waals surface area contributed by atoms with Gasteiger partial charge < -0.3 is 9.32 Å². The minimum absolute atomic E-state index is 0.0494. The second-order valence-corrected chi connectivity index (χ2v) is 19.3. The van der Waals surface area contributed by atoms with Crippen molar-refractivity contribution in [3.05, 3.63) is 235 Å². The molecule has 10 aromatic carbocycles. The predicted molar refractivity (Wildman–Crippen MR) is 277 cm³/mol. The van der Waals surface area contributed by atoms with Crippen LogP contribution < -0.4 is 4.90 Å². The second kappa shape index (κ2) is 14.3. The normalized spacial score (nSPS) is 14.0. The molecule has 66 heavy (non-hydrogen) atoms. The van der Waals surface area contributed by atoms with Crippen LogP contribution in [0.2, 0.25) is 0 Å². The van der Waals surface area contributed by atoms with Crippen molar-refractivity contribution in [2.45, 2.75) is 38.5 Å². The van der Waals surface area contributed by atoms with Crippen molar-refractivity contribution in [2.24, 2.45) is 0 Å². The molecule has 13 rings (SSSR count). The molecule has 0 amide bonds. The van der Waals surface area contributed by atoms with Crippen molar-refractivity contribution in [1.82, 2.24) is 0 Å². The van der Waals surface area contributed by atoms with E-state index < -0.39 is 0 Å². The van der Waals surface area contributed by atoms with Crippen LogP contribution in [0.4, 0.5) is 17.1 Å². The van der Waals surface area contributed by atoms with E-state index in [1.165, 1.54) is 77.5 Å². The van der Waals surface area contributed by atoms with Crippen LogP contribution in [-0.2, 0) is 10.8 Å². The van der Waals surface area contributed by atoms with Crippen LogP contribution in [0.5, 0.6) is 0 Å². The first-order valence-corrected chi connectivity index (χ1v) is 23.2. The van der Waals surface area contributed by atoms with Crippen LogP contribution in [0.25, 0.3) is 88.3 Å². The maximum Gasteiger partial charge on any atom is 0.143 e. The topological polar surface area (TPSA) is 16.4 Å². The number of fused-ring (bicyclic) bond motifs is 10. The Morgan fingerprint density at radius 1 is 0.333 bits per heavy atom. The molecule has 0 bridgehead atoms. The van der Waals surface area contributed by atoms with Gasteiger partial charge >= 0.3 is 0 Å². The van der Waals surface area contributed by atoms with E-state index in [0.29, 0.717) is 0 Å². The molecule has 0 N–H and O–H groups in total. The zero-order chi connectivity index (χ0) is 44.3. The first-order valence-electron chi connectivity index (χ1n) is 23.2. The lowest BCUT2D eigenvalue weighted by Gasteiger charge is -2.28. The third-order valence-corrected chi connectivity index (χ3v) is 14.9. The van der Waals surface area contributed by atoms with E-state index in [2.05, 4.69) is 245 Å². The van der Waals surface area contributed by atoms with Crippen molar-refractivity contribution >= 4 is 49.8 Å². The van der Waals surface area contributed by atoms with Gasteiger partial charge in [0.25, 0.3) is 0 Å². The Kier molecular flexibility index (Phi) is 8.33. The summed E-state index contributed by atoms with van der Waals surface area (Å²) in [5.41, 5.74) is 22.7. The van der Waals surface area contributed by atoms with E-state index in [-0.39, 0.29) is 10.8 Å². The third kappa shape index (κ3) is 5.74. The van der Waals surface area contributed by atoms with Crippen LogP contribution in [-0.4, -0.2) is 0 Å². The molecule has 0 radical (unpaired) electrons. The Morgan fingerprint density at radius 2 is 0.833 bits per heavy atom. The number of hydrogen-bond acceptors (Lipinski definition) is 2. The Balaban J connectivity index is 0.934. The number of benzene rings is 10. The van der Waals surface area contributed by atoms with Crippen LogP contribution in [0.1, 0.15) is 49.9 Å². The summed E-state index contributed by atoms with van der Waals surface area (Å²) in [5.74, 6) is 0. The van der Waals surface area contributed by atoms with Crippen LogP contribution in [0.3, 0.4) is 0 Å². The maximum atomic E-state index is 7.13. The highest BCUT2D eigenvalue weighted by atomic mass is 16.3. The summed E-state index contributed by atoms with van der Waals surface area (Å²) >= 11 is 0. The van der Waals surface area contributed by atoms with Crippen molar-refractivity contribution in [3.63, 3.8) is 0 Å². The van der Waals surface area contributed by atoms with Gasteiger partial charge in [-0.15, -0.1) is 0 Å². The van der Waals surface area contributed by atoms with Crippen LogP contribution >= 0.6 is 0 Å². The average Bonchev–Trinajstić information content (AvgIpc) is 3.92. The molecule has 0 aliphatic heterocycles. The molecule has 1 aromatic heterocycles. The molecule has 0 unspecified atom stereocenters.